The van der Waals surface area contributed by atoms with Crippen LogP contribution in [0.4, 0.5) is 17.1 Å². The lowest BCUT2D eigenvalue weighted by Crippen LogP contribution is -2.49. The zero-order valence-electron chi connectivity index (χ0n) is 26.1. The maximum absolute atomic E-state index is 13.3. The minimum atomic E-state index is -0.666. The number of nitrogens with zero attached hydrogens (tertiary/aromatic N) is 4. The number of amides is 2. The Balaban J connectivity index is 1.15. The molecule has 4 aromatic rings. The van der Waals surface area contributed by atoms with Gasteiger partial charge in [-0.05, 0) is 53.1 Å². The number of piperazine rings is 1. The van der Waals surface area contributed by atoms with E-state index in [4.69, 9.17) is 9.73 Å². The number of rotatable bonds is 9. The molecule has 1 N–H and O–H groups in total. The maximum atomic E-state index is 13.3. The molecule has 2 aliphatic rings. The average molecular weight is 616 g/mol. The minimum Gasteiger partial charge on any atom is -0.465 e. The largest absolute Gasteiger partial charge is 0.465 e. The molecule has 0 bridgehead atoms. The van der Waals surface area contributed by atoms with E-state index in [-0.39, 0.29) is 11.8 Å². The summed E-state index contributed by atoms with van der Waals surface area (Å²) in [6.45, 7) is 4.85. The Hall–Kier alpha value is -5.12. The van der Waals surface area contributed by atoms with Crippen LogP contribution in [0.2, 0.25) is 0 Å². The molecular weight excluding hydrogens is 578 g/mol. The first-order chi connectivity index (χ1) is 22.4. The van der Waals surface area contributed by atoms with Crippen LogP contribution in [-0.4, -0.2) is 80.2 Å². The summed E-state index contributed by atoms with van der Waals surface area (Å²) < 4.78 is 4.84. The minimum absolute atomic E-state index is 0.0308. The summed E-state index contributed by atoms with van der Waals surface area (Å²) in [5, 5.41) is 2.91. The Labute approximate surface area is 269 Å². The third-order valence-electron chi connectivity index (χ3n) is 8.58. The SMILES string of the molecule is COC(=O)c1ccc2c(c1)NC(=O)C2C(=Nc1ccc(N(C)C(=O)CN2CCN(Cc3ccccc3)CC2)cc1)c1ccccc1. The van der Waals surface area contributed by atoms with Crippen LogP contribution in [-0.2, 0) is 20.9 Å². The van der Waals surface area contributed by atoms with Crippen molar-refractivity contribution < 1.29 is 19.1 Å². The summed E-state index contributed by atoms with van der Waals surface area (Å²) in [4.78, 5) is 49.9. The van der Waals surface area contributed by atoms with Gasteiger partial charge < -0.3 is 15.0 Å². The molecule has 2 aliphatic heterocycles. The molecule has 46 heavy (non-hydrogen) atoms. The zero-order valence-corrected chi connectivity index (χ0v) is 26.1. The van der Waals surface area contributed by atoms with Gasteiger partial charge >= 0.3 is 5.97 Å². The van der Waals surface area contributed by atoms with E-state index in [1.54, 1.807) is 30.1 Å². The summed E-state index contributed by atoms with van der Waals surface area (Å²) in [5.41, 5.74) is 5.80. The molecule has 1 atom stereocenters. The Morgan fingerprint density at radius 1 is 0.848 bits per heavy atom. The fourth-order valence-corrected chi connectivity index (χ4v) is 5.96. The lowest BCUT2D eigenvalue weighted by atomic mass is 9.90. The van der Waals surface area contributed by atoms with E-state index in [1.165, 1.54) is 12.7 Å². The summed E-state index contributed by atoms with van der Waals surface area (Å²) in [7, 11) is 3.12. The first-order valence-corrected chi connectivity index (χ1v) is 15.4. The van der Waals surface area contributed by atoms with E-state index in [2.05, 4.69) is 39.4 Å². The Morgan fingerprint density at radius 2 is 1.50 bits per heavy atom. The molecule has 1 unspecified atom stereocenters. The first kappa shape index (κ1) is 30.9. The number of hydrogen-bond donors (Lipinski definition) is 1. The van der Waals surface area contributed by atoms with E-state index in [1.807, 2.05) is 60.7 Å². The number of nitrogens with one attached hydrogen (secondary N) is 1. The van der Waals surface area contributed by atoms with Gasteiger partial charge in [-0.15, -0.1) is 0 Å². The number of carbonyl (C=O) groups is 3. The third kappa shape index (κ3) is 6.91. The number of ether oxygens (including phenoxy) is 1. The third-order valence-corrected chi connectivity index (χ3v) is 8.58. The first-order valence-electron chi connectivity index (χ1n) is 15.4. The van der Waals surface area contributed by atoms with Crippen molar-refractivity contribution >= 4 is 40.6 Å². The fourth-order valence-electron chi connectivity index (χ4n) is 5.96. The molecule has 0 aliphatic carbocycles. The van der Waals surface area contributed by atoms with E-state index >= 15 is 0 Å². The standard InChI is InChI=1S/C37H37N5O4/c1-40(33(43)25-42-21-19-41(20-22-42)24-26-9-5-3-6-10-26)30-16-14-29(15-17-30)38-35(27-11-7-4-8-12-27)34-31-18-13-28(37(45)46-2)23-32(31)39-36(34)44/h3-18,23,34H,19-22,24-25H2,1-2H3,(H,39,44). The van der Waals surface area contributed by atoms with Crippen molar-refractivity contribution in [1.29, 1.82) is 0 Å². The molecule has 4 aromatic carbocycles. The predicted octanol–water partition coefficient (Wildman–Crippen LogP) is 5.11. The van der Waals surface area contributed by atoms with Crippen LogP contribution in [0.3, 0.4) is 0 Å². The van der Waals surface area contributed by atoms with Crippen molar-refractivity contribution in [2.45, 2.75) is 12.5 Å². The van der Waals surface area contributed by atoms with Crippen LogP contribution < -0.4 is 10.2 Å². The molecule has 234 valence electrons. The number of fused-ring (bicyclic) bond motifs is 1. The van der Waals surface area contributed by atoms with Crippen LogP contribution in [0.15, 0.2) is 108 Å². The normalized spacial score (nSPS) is 16.9. The predicted molar refractivity (Wildman–Crippen MR) is 180 cm³/mol. The lowest BCUT2D eigenvalue weighted by Gasteiger charge is -2.35. The van der Waals surface area contributed by atoms with Crippen LogP contribution in [0, 0.1) is 0 Å². The number of esters is 1. The van der Waals surface area contributed by atoms with Crippen LogP contribution in [0.25, 0.3) is 0 Å². The second kappa shape index (κ2) is 13.9. The zero-order chi connectivity index (χ0) is 32.0. The molecule has 0 aromatic heterocycles. The highest BCUT2D eigenvalue weighted by Gasteiger charge is 2.36. The number of likely N-dealkylation sites (N-methyl/N-ethyl adjacent to an activating group) is 1. The van der Waals surface area contributed by atoms with Crippen molar-refractivity contribution in [2.24, 2.45) is 4.99 Å². The highest BCUT2D eigenvalue weighted by atomic mass is 16.5. The monoisotopic (exact) mass is 615 g/mol. The van der Waals surface area contributed by atoms with Gasteiger partial charge in [0.2, 0.25) is 11.8 Å². The van der Waals surface area contributed by atoms with E-state index in [0.29, 0.717) is 29.2 Å². The average Bonchev–Trinajstić information content (AvgIpc) is 3.43. The molecule has 9 heteroatoms. The van der Waals surface area contributed by atoms with Crippen LogP contribution >= 0.6 is 0 Å². The van der Waals surface area contributed by atoms with Gasteiger partial charge in [0.15, 0.2) is 0 Å². The van der Waals surface area contributed by atoms with Crippen molar-refractivity contribution in [3.8, 4) is 0 Å². The van der Waals surface area contributed by atoms with Gasteiger partial charge in [0.1, 0.15) is 5.92 Å². The molecule has 6 rings (SSSR count). The molecule has 0 spiro atoms. The molecular formula is C37H37N5O4. The molecule has 9 nitrogen and oxygen atoms in total. The van der Waals surface area contributed by atoms with Gasteiger partial charge in [0, 0.05) is 51.1 Å². The van der Waals surface area contributed by atoms with Gasteiger partial charge in [-0.3, -0.25) is 24.4 Å². The van der Waals surface area contributed by atoms with E-state index in [9.17, 15) is 14.4 Å². The smallest absolute Gasteiger partial charge is 0.337 e. The number of hydrogen-bond acceptors (Lipinski definition) is 7. The van der Waals surface area contributed by atoms with Crippen molar-refractivity contribution in [3.63, 3.8) is 0 Å². The van der Waals surface area contributed by atoms with Crippen LogP contribution in [0.1, 0.15) is 33.0 Å². The van der Waals surface area contributed by atoms with E-state index < -0.39 is 11.9 Å². The van der Waals surface area contributed by atoms with Crippen molar-refractivity contribution in [3.05, 3.63) is 125 Å². The number of methoxy groups -OCH3 is 1. The Kier molecular flexibility index (Phi) is 9.33. The summed E-state index contributed by atoms with van der Waals surface area (Å²) in [5.74, 6) is -1.32. The number of anilines is 2. The summed E-state index contributed by atoms with van der Waals surface area (Å²) >= 11 is 0. The van der Waals surface area contributed by atoms with Gasteiger partial charge in [-0.1, -0.05) is 66.7 Å². The second-order valence-electron chi connectivity index (χ2n) is 11.6. The van der Waals surface area contributed by atoms with Crippen molar-refractivity contribution in [2.75, 3.05) is 57.1 Å². The van der Waals surface area contributed by atoms with Gasteiger partial charge in [-0.2, -0.15) is 0 Å². The topological polar surface area (TPSA) is 94.5 Å². The Bertz CT molecular complexity index is 1730. The van der Waals surface area contributed by atoms with E-state index in [0.717, 1.165) is 49.5 Å². The summed E-state index contributed by atoms with van der Waals surface area (Å²) in [6.07, 6.45) is 0. The molecule has 0 saturated carbocycles. The Morgan fingerprint density at radius 3 is 2.17 bits per heavy atom. The molecule has 2 amide bonds. The highest BCUT2D eigenvalue weighted by Crippen LogP contribution is 2.37. The molecule has 1 saturated heterocycles. The second-order valence-corrected chi connectivity index (χ2v) is 11.6. The lowest BCUT2D eigenvalue weighted by molar-refractivity contribution is -0.120. The maximum Gasteiger partial charge on any atom is 0.337 e. The van der Waals surface area contributed by atoms with Crippen molar-refractivity contribution in [1.82, 2.24) is 9.80 Å². The van der Waals surface area contributed by atoms with Gasteiger partial charge in [0.25, 0.3) is 0 Å². The summed E-state index contributed by atoms with van der Waals surface area (Å²) in [6, 6.07) is 32.6. The highest BCUT2D eigenvalue weighted by molar-refractivity contribution is 6.24. The molecule has 0 radical (unpaired) electrons. The van der Waals surface area contributed by atoms with Crippen LogP contribution in [0.5, 0.6) is 0 Å². The quantitative estimate of drug-likeness (QED) is 0.208. The number of aliphatic imine (C=N–C) groups is 1. The molecule has 2 heterocycles. The molecule has 1 fully saturated rings. The fraction of sp³-hybridized carbons (Fsp3) is 0.243. The number of carbonyl (C=O) groups excluding carboxylic acids is 3. The van der Waals surface area contributed by atoms with Gasteiger partial charge in [0.05, 0.1) is 30.6 Å². The van der Waals surface area contributed by atoms with Gasteiger partial charge in [-0.25, -0.2) is 4.79 Å². The number of benzene rings is 4.